The fourth-order valence-corrected chi connectivity index (χ4v) is 6.31. The van der Waals surface area contributed by atoms with Crippen LogP contribution in [0.3, 0.4) is 0 Å². The van der Waals surface area contributed by atoms with Gasteiger partial charge in [-0.15, -0.1) is 11.8 Å². The van der Waals surface area contributed by atoms with Crippen LogP contribution in [-0.2, 0) is 28.3 Å². The fraction of sp³-hybridized carbons (Fsp3) is 0.375. The van der Waals surface area contributed by atoms with Gasteiger partial charge in [-0.05, 0) is 48.6 Å². The molecule has 3 aromatic rings. The summed E-state index contributed by atoms with van der Waals surface area (Å²) >= 11 is 7.51. The summed E-state index contributed by atoms with van der Waals surface area (Å²) in [5.74, 6) is -0.274. The summed E-state index contributed by atoms with van der Waals surface area (Å²) < 4.78 is 14.3. The van der Waals surface area contributed by atoms with Crippen LogP contribution in [0, 0.1) is 12.7 Å². The summed E-state index contributed by atoms with van der Waals surface area (Å²) in [5.41, 5.74) is 3.44. The van der Waals surface area contributed by atoms with Crippen molar-refractivity contribution in [2.45, 2.75) is 69.8 Å². The molecule has 3 aromatic carbocycles. The van der Waals surface area contributed by atoms with E-state index in [2.05, 4.69) is 5.32 Å². The molecular weight excluding hydrogens is 531 g/mol. The van der Waals surface area contributed by atoms with Gasteiger partial charge in [0.2, 0.25) is 11.8 Å². The van der Waals surface area contributed by atoms with Crippen molar-refractivity contribution in [2.24, 2.45) is 0 Å². The zero-order valence-corrected chi connectivity index (χ0v) is 23.9. The van der Waals surface area contributed by atoms with Crippen LogP contribution in [0.1, 0.15) is 54.4 Å². The lowest BCUT2D eigenvalue weighted by molar-refractivity contribution is -0.139. The van der Waals surface area contributed by atoms with Gasteiger partial charge in [-0.2, -0.15) is 0 Å². The van der Waals surface area contributed by atoms with E-state index in [4.69, 9.17) is 11.6 Å². The van der Waals surface area contributed by atoms with Crippen molar-refractivity contribution >= 4 is 35.2 Å². The highest BCUT2D eigenvalue weighted by molar-refractivity contribution is 7.99. The molecule has 1 aliphatic rings. The summed E-state index contributed by atoms with van der Waals surface area (Å²) in [6, 6.07) is 21.8. The topological polar surface area (TPSA) is 49.4 Å². The van der Waals surface area contributed by atoms with Crippen LogP contribution >= 0.6 is 23.4 Å². The zero-order valence-electron chi connectivity index (χ0n) is 22.4. The molecule has 2 amide bonds. The van der Waals surface area contributed by atoms with E-state index in [1.165, 1.54) is 24.2 Å². The Bertz CT molecular complexity index is 1230. The van der Waals surface area contributed by atoms with Crippen LogP contribution in [0.2, 0.25) is 5.02 Å². The van der Waals surface area contributed by atoms with Gasteiger partial charge in [0.1, 0.15) is 11.9 Å². The largest absolute Gasteiger partial charge is 0.352 e. The maximum Gasteiger partial charge on any atom is 0.243 e. The van der Waals surface area contributed by atoms with Crippen LogP contribution in [0.4, 0.5) is 4.39 Å². The second kappa shape index (κ2) is 14.5. The molecule has 1 fully saturated rings. The van der Waals surface area contributed by atoms with Crippen molar-refractivity contribution in [3.63, 3.8) is 0 Å². The molecule has 4 nitrogen and oxygen atoms in total. The number of hydrogen-bond donors (Lipinski definition) is 1. The van der Waals surface area contributed by atoms with Gasteiger partial charge in [-0.25, -0.2) is 4.39 Å². The number of carbonyl (C=O) groups is 2. The molecule has 0 spiro atoms. The van der Waals surface area contributed by atoms with E-state index in [-0.39, 0.29) is 35.2 Å². The van der Waals surface area contributed by atoms with E-state index in [1.807, 2.05) is 61.5 Å². The molecule has 0 bridgehead atoms. The van der Waals surface area contributed by atoms with Crippen molar-refractivity contribution in [1.29, 1.82) is 0 Å². The number of carbonyl (C=O) groups excluding carboxylic acids is 2. The van der Waals surface area contributed by atoms with Crippen LogP contribution in [-0.4, -0.2) is 34.6 Å². The minimum atomic E-state index is -0.668. The average molecular weight is 567 g/mol. The van der Waals surface area contributed by atoms with Gasteiger partial charge >= 0.3 is 0 Å². The van der Waals surface area contributed by atoms with E-state index >= 15 is 0 Å². The Labute approximate surface area is 240 Å². The van der Waals surface area contributed by atoms with Gasteiger partial charge in [-0.3, -0.25) is 9.59 Å². The summed E-state index contributed by atoms with van der Waals surface area (Å²) in [4.78, 5) is 29.4. The van der Waals surface area contributed by atoms with E-state index in [0.29, 0.717) is 23.6 Å². The minimum absolute atomic E-state index is 0.110. The van der Waals surface area contributed by atoms with Crippen molar-refractivity contribution in [3.05, 3.63) is 106 Å². The van der Waals surface area contributed by atoms with Gasteiger partial charge in [0.15, 0.2) is 0 Å². The molecule has 0 radical (unpaired) electrons. The molecule has 0 unspecified atom stereocenters. The third-order valence-electron chi connectivity index (χ3n) is 7.36. The van der Waals surface area contributed by atoms with Crippen LogP contribution in [0.15, 0.2) is 72.8 Å². The highest BCUT2D eigenvalue weighted by Crippen LogP contribution is 2.25. The minimum Gasteiger partial charge on any atom is -0.352 e. The van der Waals surface area contributed by atoms with Crippen molar-refractivity contribution in [3.8, 4) is 0 Å². The van der Waals surface area contributed by atoms with E-state index in [1.54, 1.807) is 17.0 Å². The molecule has 0 aromatic heterocycles. The number of rotatable bonds is 11. The lowest BCUT2D eigenvalue weighted by Crippen LogP contribution is -2.53. The lowest BCUT2D eigenvalue weighted by Gasteiger charge is -2.34. The van der Waals surface area contributed by atoms with Crippen LogP contribution < -0.4 is 5.32 Å². The summed E-state index contributed by atoms with van der Waals surface area (Å²) in [6.45, 7) is 2.34. The zero-order chi connectivity index (χ0) is 27.6. The first-order valence-electron chi connectivity index (χ1n) is 13.6. The quantitative estimate of drug-likeness (QED) is 0.269. The Morgan fingerprint density at radius 2 is 1.72 bits per heavy atom. The predicted molar refractivity (Wildman–Crippen MR) is 158 cm³/mol. The number of hydrogen-bond acceptors (Lipinski definition) is 3. The molecule has 1 N–H and O–H groups in total. The summed E-state index contributed by atoms with van der Waals surface area (Å²) in [5, 5.41) is 3.61. The third kappa shape index (κ3) is 8.33. The Morgan fingerprint density at radius 3 is 2.44 bits per heavy atom. The van der Waals surface area contributed by atoms with Gasteiger partial charge in [0.25, 0.3) is 0 Å². The first-order valence-corrected chi connectivity index (χ1v) is 15.1. The third-order valence-corrected chi connectivity index (χ3v) is 8.66. The molecule has 0 aliphatic heterocycles. The number of halogens is 2. The SMILES string of the molecule is Cc1ccccc1CN(C(=O)CSCc1c(F)cccc1Cl)[C@@H](Cc1ccccc1)C(=O)NC1CCCCC1. The molecule has 1 aliphatic carbocycles. The molecule has 39 heavy (non-hydrogen) atoms. The van der Waals surface area contributed by atoms with Crippen LogP contribution in [0.5, 0.6) is 0 Å². The first kappa shape index (κ1) is 29.2. The Balaban J connectivity index is 1.59. The first-order chi connectivity index (χ1) is 18.9. The number of benzene rings is 3. The van der Waals surface area contributed by atoms with Gasteiger partial charge in [0.05, 0.1) is 5.75 Å². The number of aryl methyl sites for hydroxylation is 1. The van der Waals surface area contributed by atoms with E-state index in [0.717, 1.165) is 42.4 Å². The normalized spacial score (nSPS) is 14.5. The molecule has 1 saturated carbocycles. The lowest BCUT2D eigenvalue weighted by atomic mass is 9.94. The maximum absolute atomic E-state index is 14.3. The second-order valence-electron chi connectivity index (χ2n) is 10.2. The van der Waals surface area contributed by atoms with Gasteiger partial charge in [0, 0.05) is 35.3 Å². The predicted octanol–water partition coefficient (Wildman–Crippen LogP) is 7.11. The van der Waals surface area contributed by atoms with Crippen molar-refractivity contribution in [2.75, 3.05) is 5.75 Å². The number of amides is 2. The molecule has 0 heterocycles. The smallest absolute Gasteiger partial charge is 0.243 e. The Morgan fingerprint density at radius 1 is 1.00 bits per heavy atom. The number of nitrogens with one attached hydrogen (secondary N) is 1. The van der Waals surface area contributed by atoms with Gasteiger partial charge < -0.3 is 10.2 Å². The second-order valence-corrected chi connectivity index (χ2v) is 11.6. The molecule has 1 atom stereocenters. The molecule has 0 saturated heterocycles. The Kier molecular flexibility index (Phi) is 10.9. The number of thioether (sulfide) groups is 1. The number of nitrogens with zero attached hydrogens (tertiary/aromatic N) is 1. The monoisotopic (exact) mass is 566 g/mol. The standard InChI is InChI=1S/C32H36ClFN2O2S/c1-23-11-8-9-14-25(23)20-36(31(37)22-39-21-27-28(33)17-10-18-29(27)34)30(19-24-12-4-2-5-13-24)32(38)35-26-15-6-3-7-16-26/h2,4-5,8-14,17-18,26,30H,3,6-7,15-16,19-22H2,1H3,(H,35,38)/t30-/m0/s1. The van der Waals surface area contributed by atoms with Crippen LogP contribution in [0.25, 0.3) is 0 Å². The maximum atomic E-state index is 14.3. The molecule has 7 heteroatoms. The summed E-state index contributed by atoms with van der Waals surface area (Å²) in [6.07, 6.45) is 5.76. The van der Waals surface area contributed by atoms with Gasteiger partial charge in [-0.1, -0.05) is 91.5 Å². The Hall–Kier alpha value is -2.83. The summed E-state index contributed by atoms with van der Waals surface area (Å²) in [7, 11) is 0. The highest BCUT2D eigenvalue weighted by Gasteiger charge is 2.32. The van der Waals surface area contributed by atoms with E-state index in [9.17, 15) is 14.0 Å². The fourth-order valence-electron chi connectivity index (χ4n) is 5.06. The molecular formula is C32H36ClFN2O2S. The average Bonchev–Trinajstić information content (AvgIpc) is 2.94. The molecule has 4 rings (SSSR count). The highest BCUT2D eigenvalue weighted by atomic mass is 35.5. The molecule has 206 valence electrons. The van der Waals surface area contributed by atoms with Crippen molar-refractivity contribution < 1.29 is 14.0 Å². The van der Waals surface area contributed by atoms with Crippen molar-refractivity contribution in [1.82, 2.24) is 10.2 Å². The van der Waals surface area contributed by atoms with E-state index < -0.39 is 6.04 Å².